The van der Waals surface area contributed by atoms with Crippen molar-refractivity contribution < 1.29 is 4.79 Å². The summed E-state index contributed by atoms with van der Waals surface area (Å²) in [5, 5.41) is 0. The van der Waals surface area contributed by atoms with E-state index in [9.17, 15) is 4.79 Å². The van der Waals surface area contributed by atoms with Crippen molar-refractivity contribution in [3.8, 4) is 0 Å². The Labute approximate surface area is 158 Å². The van der Waals surface area contributed by atoms with Gasteiger partial charge in [0.15, 0.2) is 5.65 Å². The second-order valence-corrected chi connectivity index (χ2v) is 7.12. The summed E-state index contributed by atoms with van der Waals surface area (Å²) in [5.41, 5.74) is 3.45. The number of amides is 1. The normalized spacial score (nSPS) is 14.8. The Balaban J connectivity index is 1.42. The molecule has 1 aliphatic rings. The van der Waals surface area contributed by atoms with Crippen LogP contribution in [0.1, 0.15) is 35.7 Å². The summed E-state index contributed by atoms with van der Waals surface area (Å²) >= 11 is 0. The van der Waals surface area contributed by atoms with Crippen LogP contribution in [-0.2, 0) is 0 Å². The Morgan fingerprint density at radius 2 is 1.63 bits per heavy atom. The Morgan fingerprint density at radius 3 is 2.33 bits per heavy atom. The first-order valence-corrected chi connectivity index (χ1v) is 9.34. The SMILES string of the molecule is CC(C)c1ccc(C(=O)N2CCN(c3ccc4nccnc4n3)CC2)cc1. The van der Waals surface area contributed by atoms with Crippen molar-refractivity contribution in [1.82, 2.24) is 19.9 Å². The van der Waals surface area contributed by atoms with Gasteiger partial charge in [-0.15, -0.1) is 0 Å². The lowest BCUT2D eigenvalue weighted by Gasteiger charge is -2.35. The molecule has 6 nitrogen and oxygen atoms in total. The van der Waals surface area contributed by atoms with Crippen LogP contribution in [0, 0.1) is 0 Å². The summed E-state index contributed by atoms with van der Waals surface area (Å²) in [5.74, 6) is 1.45. The van der Waals surface area contributed by atoms with Gasteiger partial charge in [-0.1, -0.05) is 26.0 Å². The molecule has 27 heavy (non-hydrogen) atoms. The molecule has 138 valence electrons. The number of aromatic nitrogens is 3. The molecule has 0 saturated carbocycles. The van der Waals surface area contributed by atoms with Crippen molar-refractivity contribution in [3.63, 3.8) is 0 Å². The van der Waals surface area contributed by atoms with E-state index in [1.807, 2.05) is 41.3 Å². The molecule has 3 aromatic rings. The number of carbonyl (C=O) groups excluding carboxylic acids is 1. The van der Waals surface area contributed by atoms with Gasteiger partial charge in [-0.05, 0) is 35.7 Å². The minimum atomic E-state index is 0.0993. The van der Waals surface area contributed by atoms with Crippen molar-refractivity contribution in [2.45, 2.75) is 19.8 Å². The highest BCUT2D eigenvalue weighted by Crippen LogP contribution is 2.19. The van der Waals surface area contributed by atoms with E-state index in [4.69, 9.17) is 0 Å². The van der Waals surface area contributed by atoms with Gasteiger partial charge < -0.3 is 9.80 Å². The van der Waals surface area contributed by atoms with E-state index in [0.717, 1.165) is 30.0 Å². The highest BCUT2D eigenvalue weighted by Gasteiger charge is 2.23. The number of hydrogen-bond donors (Lipinski definition) is 0. The number of rotatable bonds is 3. The smallest absolute Gasteiger partial charge is 0.253 e. The summed E-state index contributed by atoms with van der Waals surface area (Å²) in [6.45, 7) is 7.20. The van der Waals surface area contributed by atoms with Crippen molar-refractivity contribution in [2.75, 3.05) is 31.1 Å². The minimum absolute atomic E-state index is 0.0993. The summed E-state index contributed by atoms with van der Waals surface area (Å²) in [4.78, 5) is 30.0. The van der Waals surface area contributed by atoms with Gasteiger partial charge in [0.2, 0.25) is 0 Å². The second-order valence-electron chi connectivity index (χ2n) is 7.12. The van der Waals surface area contributed by atoms with E-state index >= 15 is 0 Å². The zero-order valence-electron chi connectivity index (χ0n) is 15.7. The molecule has 0 aliphatic carbocycles. The molecule has 0 bridgehead atoms. The molecule has 0 unspecified atom stereocenters. The third-order valence-corrected chi connectivity index (χ3v) is 5.03. The predicted octanol–water partition coefficient (Wildman–Crippen LogP) is 3.11. The lowest BCUT2D eigenvalue weighted by Crippen LogP contribution is -2.49. The number of anilines is 1. The largest absolute Gasteiger partial charge is 0.353 e. The molecule has 0 spiro atoms. The summed E-state index contributed by atoms with van der Waals surface area (Å²) < 4.78 is 0. The first kappa shape index (κ1) is 17.4. The van der Waals surface area contributed by atoms with Gasteiger partial charge in [0.1, 0.15) is 11.3 Å². The monoisotopic (exact) mass is 361 g/mol. The maximum atomic E-state index is 12.8. The minimum Gasteiger partial charge on any atom is -0.353 e. The van der Waals surface area contributed by atoms with E-state index in [2.05, 4.69) is 33.7 Å². The lowest BCUT2D eigenvalue weighted by molar-refractivity contribution is 0.0746. The molecule has 1 amide bonds. The number of benzene rings is 1. The third kappa shape index (κ3) is 3.60. The van der Waals surface area contributed by atoms with Crippen LogP contribution in [0.4, 0.5) is 5.82 Å². The van der Waals surface area contributed by atoms with Crippen molar-refractivity contribution in [2.24, 2.45) is 0 Å². The summed E-state index contributed by atoms with van der Waals surface area (Å²) in [7, 11) is 0. The van der Waals surface area contributed by atoms with E-state index in [1.54, 1.807) is 12.4 Å². The van der Waals surface area contributed by atoms with Crippen LogP contribution in [0.5, 0.6) is 0 Å². The molecular formula is C21H23N5O. The Kier molecular flexibility index (Phi) is 4.71. The molecule has 2 aromatic heterocycles. The van der Waals surface area contributed by atoms with Crippen LogP contribution in [0.3, 0.4) is 0 Å². The average Bonchev–Trinajstić information content (AvgIpc) is 2.73. The fourth-order valence-corrected chi connectivity index (χ4v) is 3.35. The molecule has 0 N–H and O–H groups in total. The maximum absolute atomic E-state index is 12.8. The molecule has 6 heteroatoms. The van der Waals surface area contributed by atoms with Gasteiger partial charge in [0.05, 0.1) is 0 Å². The van der Waals surface area contributed by atoms with Gasteiger partial charge in [0.25, 0.3) is 5.91 Å². The van der Waals surface area contributed by atoms with Crippen LogP contribution in [0.2, 0.25) is 0 Å². The second kappa shape index (κ2) is 7.31. The lowest BCUT2D eigenvalue weighted by atomic mass is 10.0. The van der Waals surface area contributed by atoms with Crippen molar-refractivity contribution in [3.05, 3.63) is 59.9 Å². The highest BCUT2D eigenvalue weighted by molar-refractivity contribution is 5.94. The number of hydrogen-bond acceptors (Lipinski definition) is 5. The number of carbonyl (C=O) groups is 1. The fraction of sp³-hybridized carbons (Fsp3) is 0.333. The molecule has 1 saturated heterocycles. The van der Waals surface area contributed by atoms with E-state index < -0.39 is 0 Å². The number of pyridine rings is 1. The standard InChI is InChI=1S/C21H23N5O/c1-15(2)16-3-5-17(6-4-16)21(27)26-13-11-25(12-14-26)19-8-7-18-20(24-19)23-10-9-22-18/h3-10,15H,11-14H2,1-2H3. The first-order valence-electron chi connectivity index (χ1n) is 9.34. The topological polar surface area (TPSA) is 62.2 Å². The predicted molar refractivity (Wildman–Crippen MR) is 106 cm³/mol. The van der Waals surface area contributed by atoms with Crippen LogP contribution in [0.15, 0.2) is 48.8 Å². The van der Waals surface area contributed by atoms with E-state index in [0.29, 0.717) is 24.7 Å². The summed E-state index contributed by atoms with van der Waals surface area (Å²) in [6, 6.07) is 11.9. The van der Waals surface area contributed by atoms with Crippen molar-refractivity contribution >= 4 is 22.9 Å². The third-order valence-electron chi connectivity index (χ3n) is 5.03. The molecule has 3 heterocycles. The Morgan fingerprint density at radius 1 is 0.926 bits per heavy atom. The summed E-state index contributed by atoms with van der Waals surface area (Å²) in [6.07, 6.45) is 3.32. The molecule has 1 aliphatic heterocycles. The Hall–Kier alpha value is -3.02. The van der Waals surface area contributed by atoms with E-state index in [1.165, 1.54) is 5.56 Å². The van der Waals surface area contributed by atoms with Crippen LogP contribution in [-0.4, -0.2) is 51.9 Å². The molecular weight excluding hydrogens is 338 g/mol. The zero-order valence-corrected chi connectivity index (χ0v) is 15.7. The quantitative estimate of drug-likeness (QED) is 0.717. The molecule has 0 radical (unpaired) electrons. The molecule has 1 fully saturated rings. The van der Waals surface area contributed by atoms with Gasteiger partial charge in [0, 0.05) is 44.1 Å². The van der Waals surface area contributed by atoms with Crippen LogP contribution >= 0.6 is 0 Å². The van der Waals surface area contributed by atoms with Crippen LogP contribution < -0.4 is 4.90 Å². The average molecular weight is 361 g/mol. The van der Waals surface area contributed by atoms with E-state index in [-0.39, 0.29) is 5.91 Å². The first-order chi connectivity index (χ1) is 13.1. The van der Waals surface area contributed by atoms with Gasteiger partial charge in [-0.25, -0.2) is 9.97 Å². The zero-order chi connectivity index (χ0) is 18.8. The number of fused-ring (bicyclic) bond motifs is 1. The number of nitrogens with zero attached hydrogens (tertiary/aromatic N) is 5. The molecule has 4 rings (SSSR count). The van der Waals surface area contributed by atoms with Gasteiger partial charge in [-0.3, -0.25) is 9.78 Å². The molecule has 1 aromatic carbocycles. The fourth-order valence-electron chi connectivity index (χ4n) is 3.35. The van der Waals surface area contributed by atoms with Gasteiger partial charge >= 0.3 is 0 Å². The van der Waals surface area contributed by atoms with Crippen molar-refractivity contribution in [1.29, 1.82) is 0 Å². The van der Waals surface area contributed by atoms with Gasteiger partial charge in [-0.2, -0.15) is 0 Å². The van der Waals surface area contributed by atoms with Crippen LogP contribution in [0.25, 0.3) is 11.2 Å². The number of piperazine rings is 1. The Bertz CT molecular complexity index is 946. The maximum Gasteiger partial charge on any atom is 0.253 e. The highest BCUT2D eigenvalue weighted by atomic mass is 16.2. The molecule has 0 atom stereocenters.